The van der Waals surface area contributed by atoms with E-state index in [9.17, 15) is 9.90 Å². The lowest BCUT2D eigenvalue weighted by atomic mass is 10.1. The normalized spacial score (nSPS) is 11.0. The van der Waals surface area contributed by atoms with Crippen LogP contribution in [-0.2, 0) is 0 Å². The number of anilines is 1. The third kappa shape index (κ3) is 2.88. The molecule has 2 rings (SSSR count). The molecule has 1 heterocycles. The number of fused-ring (bicyclic) bond motifs is 1. The van der Waals surface area contributed by atoms with Crippen molar-refractivity contribution in [3.63, 3.8) is 0 Å². The fourth-order valence-electron chi connectivity index (χ4n) is 2.11. The molecule has 0 unspecified atom stereocenters. The van der Waals surface area contributed by atoms with E-state index in [1.165, 1.54) is 6.20 Å². The number of aromatic nitrogens is 1. The average Bonchev–Trinajstić information content (AvgIpc) is 2.43. The van der Waals surface area contributed by atoms with Crippen LogP contribution in [0.2, 0.25) is 0 Å². The zero-order chi connectivity index (χ0) is 14.7. The number of hydrogen-bond acceptors (Lipinski definition) is 4. The van der Waals surface area contributed by atoms with Gasteiger partial charge >= 0.3 is 5.97 Å². The van der Waals surface area contributed by atoms with Crippen molar-refractivity contribution in [1.29, 1.82) is 0 Å². The van der Waals surface area contributed by atoms with E-state index in [0.29, 0.717) is 0 Å². The van der Waals surface area contributed by atoms with Crippen molar-refractivity contribution in [2.45, 2.75) is 0 Å². The summed E-state index contributed by atoms with van der Waals surface area (Å²) < 4.78 is 0. The molecule has 0 bridgehead atoms. The second-order valence-electron chi connectivity index (χ2n) is 5.07. The predicted octanol–water partition coefficient (Wildman–Crippen LogP) is 1.93. The quantitative estimate of drug-likeness (QED) is 0.902. The average molecular weight is 273 g/mol. The summed E-state index contributed by atoms with van der Waals surface area (Å²) in [6, 6.07) is 7.48. The summed E-state index contributed by atoms with van der Waals surface area (Å²) in [6.45, 7) is 1.74. The second-order valence-corrected chi connectivity index (χ2v) is 5.07. The van der Waals surface area contributed by atoms with Gasteiger partial charge in [0.15, 0.2) is 0 Å². The molecular formula is C15H19N3O2. The van der Waals surface area contributed by atoms with Crippen LogP contribution in [0.15, 0.2) is 30.5 Å². The number of likely N-dealkylation sites (N-methyl/N-ethyl adjacent to an activating group) is 2. The Kier molecular flexibility index (Phi) is 4.20. The molecule has 1 aromatic carbocycles. The molecule has 0 aliphatic rings. The Balaban J connectivity index is 2.45. The van der Waals surface area contributed by atoms with Gasteiger partial charge < -0.3 is 14.9 Å². The van der Waals surface area contributed by atoms with E-state index in [1.807, 2.05) is 50.3 Å². The second kappa shape index (κ2) is 5.88. The summed E-state index contributed by atoms with van der Waals surface area (Å²) in [5, 5.41) is 10.8. The Morgan fingerprint density at radius 1 is 1.15 bits per heavy atom. The van der Waals surface area contributed by atoms with Crippen LogP contribution >= 0.6 is 0 Å². The number of hydrogen-bond donors (Lipinski definition) is 1. The SMILES string of the molecule is CN(C)CCN(C)c1ncc(C(=O)O)c2ccccc12. The molecule has 0 atom stereocenters. The van der Waals surface area contributed by atoms with E-state index in [-0.39, 0.29) is 5.56 Å². The van der Waals surface area contributed by atoms with E-state index < -0.39 is 5.97 Å². The van der Waals surface area contributed by atoms with E-state index >= 15 is 0 Å². The fourth-order valence-corrected chi connectivity index (χ4v) is 2.11. The number of rotatable bonds is 5. The van der Waals surface area contributed by atoms with Crippen molar-refractivity contribution >= 4 is 22.6 Å². The standard InChI is InChI=1S/C15H19N3O2/c1-17(2)8-9-18(3)14-12-7-5-4-6-11(12)13(10-16-14)15(19)20/h4-7,10H,8-9H2,1-3H3,(H,19,20). The fraction of sp³-hybridized carbons (Fsp3) is 0.333. The van der Waals surface area contributed by atoms with Crippen LogP contribution in [-0.4, -0.2) is 55.2 Å². The van der Waals surface area contributed by atoms with E-state index in [0.717, 1.165) is 29.7 Å². The third-order valence-electron chi connectivity index (χ3n) is 3.25. The van der Waals surface area contributed by atoms with Crippen molar-refractivity contribution in [3.05, 3.63) is 36.0 Å². The van der Waals surface area contributed by atoms with Crippen molar-refractivity contribution < 1.29 is 9.90 Å². The highest BCUT2D eigenvalue weighted by atomic mass is 16.4. The molecule has 0 aliphatic carbocycles. The minimum absolute atomic E-state index is 0.241. The van der Waals surface area contributed by atoms with Crippen LogP contribution in [0.1, 0.15) is 10.4 Å². The van der Waals surface area contributed by atoms with Crippen molar-refractivity contribution in [2.24, 2.45) is 0 Å². The minimum atomic E-state index is -0.948. The Morgan fingerprint density at radius 3 is 2.40 bits per heavy atom. The molecule has 0 aliphatic heterocycles. The molecule has 20 heavy (non-hydrogen) atoms. The topological polar surface area (TPSA) is 56.7 Å². The van der Waals surface area contributed by atoms with Crippen LogP contribution in [0.5, 0.6) is 0 Å². The highest BCUT2D eigenvalue weighted by Crippen LogP contribution is 2.26. The first-order valence-corrected chi connectivity index (χ1v) is 6.47. The van der Waals surface area contributed by atoms with Crippen molar-refractivity contribution in [1.82, 2.24) is 9.88 Å². The van der Waals surface area contributed by atoms with Gasteiger partial charge in [0.25, 0.3) is 0 Å². The van der Waals surface area contributed by atoms with Gasteiger partial charge in [0, 0.05) is 37.1 Å². The molecule has 5 heteroatoms. The van der Waals surface area contributed by atoms with E-state index in [2.05, 4.69) is 9.88 Å². The van der Waals surface area contributed by atoms with Crippen LogP contribution in [0.3, 0.4) is 0 Å². The number of carboxylic acids is 1. The highest BCUT2D eigenvalue weighted by molar-refractivity contribution is 6.06. The number of carboxylic acid groups (broad SMARTS) is 1. The summed E-state index contributed by atoms with van der Waals surface area (Å²) in [4.78, 5) is 19.7. The number of aromatic carboxylic acids is 1. The van der Waals surface area contributed by atoms with Crippen LogP contribution < -0.4 is 4.90 Å². The predicted molar refractivity (Wildman–Crippen MR) is 80.5 cm³/mol. The van der Waals surface area contributed by atoms with E-state index in [4.69, 9.17) is 0 Å². The molecule has 0 fully saturated rings. The van der Waals surface area contributed by atoms with Crippen molar-refractivity contribution in [2.75, 3.05) is 39.1 Å². The summed E-state index contributed by atoms with van der Waals surface area (Å²) >= 11 is 0. The first-order valence-electron chi connectivity index (χ1n) is 6.47. The first kappa shape index (κ1) is 14.3. The van der Waals surface area contributed by atoms with E-state index in [1.54, 1.807) is 0 Å². The third-order valence-corrected chi connectivity index (χ3v) is 3.25. The minimum Gasteiger partial charge on any atom is -0.478 e. The van der Waals surface area contributed by atoms with Gasteiger partial charge in [0.2, 0.25) is 0 Å². The van der Waals surface area contributed by atoms with Gasteiger partial charge in [-0.2, -0.15) is 0 Å². The Morgan fingerprint density at radius 2 is 1.80 bits per heavy atom. The molecule has 0 saturated carbocycles. The maximum atomic E-state index is 11.3. The molecule has 0 spiro atoms. The van der Waals surface area contributed by atoms with Gasteiger partial charge in [-0.15, -0.1) is 0 Å². The summed E-state index contributed by atoms with van der Waals surface area (Å²) in [5.41, 5.74) is 0.241. The first-order chi connectivity index (χ1) is 9.50. The summed E-state index contributed by atoms with van der Waals surface area (Å²) in [7, 11) is 6.01. The monoisotopic (exact) mass is 273 g/mol. The van der Waals surface area contributed by atoms with Gasteiger partial charge in [0.05, 0.1) is 5.56 Å². The molecular weight excluding hydrogens is 254 g/mol. The van der Waals surface area contributed by atoms with Crippen molar-refractivity contribution in [3.8, 4) is 0 Å². The highest BCUT2D eigenvalue weighted by Gasteiger charge is 2.14. The number of pyridine rings is 1. The largest absolute Gasteiger partial charge is 0.478 e. The molecule has 1 aromatic heterocycles. The maximum absolute atomic E-state index is 11.3. The summed E-state index contributed by atoms with van der Waals surface area (Å²) in [6.07, 6.45) is 1.44. The molecule has 0 saturated heterocycles. The maximum Gasteiger partial charge on any atom is 0.337 e. The van der Waals surface area contributed by atoms with Gasteiger partial charge in [-0.05, 0) is 14.1 Å². The van der Waals surface area contributed by atoms with Crippen LogP contribution in [0, 0.1) is 0 Å². The smallest absolute Gasteiger partial charge is 0.337 e. The Hall–Kier alpha value is -2.14. The molecule has 2 aromatic rings. The number of carbonyl (C=O) groups is 1. The Bertz CT molecular complexity index is 626. The molecule has 106 valence electrons. The molecule has 0 radical (unpaired) electrons. The lowest BCUT2D eigenvalue weighted by Gasteiger charge is -2.22. The van der Waals surface area contributed by atoms with Gasteiger partial charge in [-0.3, -0.25) is 0 Å². The summed E-state index contributed by atoms with van der Waals surface area (Å²) in [5.74, 6) is -0.136. The zero-order valence-corrected chi connectivity index (χ0v) is 12.0. The molecule has 0 amide bonds. The lowest BCUT2D eigenvalue weighted by Crippen LogP contribution is -2.29. The molecule has 1 N–H and O–H groups in total. The van der Waals surface area contributed by atoms with Crippen LogP contribution in [0.25, 0.3) is 10.8 Å². The van der Waals surface area contributed by atoms with Gasteiger partial charge in [0.1, 0.15) is 5.82 Å². The van der Waals surface area contributed by atoms with Crippen LogP contribution in [0.4, 0.5) is 5.82 Å². The molecule has 5 nitrogen and oxygen atoms in total. The van der Waals surface area contributed by atoms with Gasteiger partial charge in [-0.1, -0.05) is 24.3 Å². The number of nitrogens with zero attached hydrogens (tertiary/aromatic N) is 3. The zero-order valence-electron chi connectivity index (χ0n) is 12.0. The Labute approximate surface area is 118 Å². The number of benzene rings is 1. The van der Waals surface area contributed by atoms with Gasteiger partial charge in [-0.25, -0.2) is 9.78 Å². The lowest BCUT2D eigenvalue weighted by molar-refractivity contribution is 0.0698.